The average Bonchev–Trinajstić information content (AvgIpc) is 2.50. The first-order valence-corrected chi connectivity index (χ1v) is 7.89. The zero-order chi connectivity index (χ0) is 16.2. The van der Waals surface area contributed by atoms with Crippen molar-refractivity contribution in [1.29, 1.82) is 0 Å². The molecule has 1 aromatic rings. The van der Waals surface area contributed by atoms with Gasteiger partial charge in [-0.2, -0.15) is 0 Å². The molecule has 0 atom stereocenters. The Morgan fingerprint density at radius 2 is 1.96 bits per heavy atom. The third-order valence-corrected chi connectivity index (χ3v) is 4.65. The lowest BCUT2D eigenvalue weighted by Gasteiger charge is -2.37. The highest BCUT2D eigenvalue weighted by Gasteiger charge is 2.32. The van der Waals surface area contributed by atoms with Crippen LogP contribution in [0, 0.1) is 17.0 Å². The molecule has 4 nitrogen and oxygen atoms in total. The summed E-state index contributed by atoms with van der Waals surface area (Å²) in [6.45, 7) is 2.73. The highest BCUT2D eigenvalue weighted by molar-refractivity contribution is 9.10. The van der Waals surface area contributed by atoms with Crippen LogP contribution in [0.3, 0.4) is 0 Å². The lowest BCUT2D eigenvalue weighted by molar-refractivity contribution is 0.0511. The van der Waals surface area contributed by atoms with Gasteiger partial charge in [0.05, 0.1) is 12.2 Å². The summed E-state index contributed by atoms with van der Waals surface area (Å²) in [4.78, 5) is 12.2. The lowest BCUT2D eigenvalue weighted by atomic mass is 9.79. The second-order valence-electron chi connectivity index (χ2n) is 5.61. The van der Waals surface area contributed by atoms with Crippen molar-refractivity contribution in [2.24, 2.45) is 5.41 Å². The Hall–Kier alpha value is -0.760. The van der Waals surface area contributed by atoms with Crippen LogP contribution in [0.1, 0.15) is 23.2 Å². The van der Waals surface area contributed by atoms with Gasteiger partial charge in [0.15, 0.2) is 11.6 Å². The molecule has 0 aliphatic carbocycles. The smallest absolute Gasteiger partial charge is 0.252 e. The minimum Gasteiger partial charge on any atom is -0.384 e. The summed E-state index contributed by atoms with van der Waals surface area (Å²) >= 11 is 3.09. The molecule has 0 saturated carbocycles. The summed E-state index contributed by atoms with van der Waals surface area (Å²) in [5, 5.41) is 6.09. The standard InChI is InChI=1S/C15H19BrF2N2O2.ClH/c1-22-9-15(2-4-19-5-3-15)8-20-14(21)10-6-12(17)13(18)7-11(10)16;/h6-7,19H,2-5,8-9H2,1H3,(H,20,21);1H. The number of hydrogen-bond acceptors (Lipinski definition) is 3. The highest BCUT2D eigenvalue weighted by atomic mass is 79.9. The maximum absolute atomic E-state index is 13.3. The van der Waals surface area contributed by atoms with Crippen LogP contribution in [0.5, 0.6) is 0 Å². The summed E-state index contributed by atoms with van der Waals surface area (Å²) in [5.41, 5.74) is -0.0406. The van der Waals surface area contributed by atoms with E-state index in [2.05, 4.69) is 26.6 Å². The molecule has 1 aromatic carbocycles. The minimum absolute atomic E-state index is 0. The molecule has 130 valence electrons. The van der Waals surface area contributed by atoms with Gasteiger partial charge in [-0.05, 0) is 54.0 Å². The van der Waals surface area contributed by atoms with E-state index >= 15 is 0 Å². The van der Waals surface area contributed by atoms with Gasteiger partial charge in [0.1, 0.15) is 0 Å². The first-order valence-electron chi connectivity index (χ1n) is 7.10. The van der Waals surface area contributed by atoms with Crippen molar-refractivity contribution in [3.63, 3.8) is 0 Å². The fourth-order valence-corrected chi connectivity index (χ4v) is 3.19. The monoisotopic (exact) mass is 412 g/mol. The summed E-state index contributed by atoms with van der Waals surface area (Å²) in [5.74, 6) is -2.46. The number of benzene rings is 1. The molecule has 23 heavy (non-hydrogen) atoms. The van der Waals surface area contributed by atoms with Crippen LogP contribution in [0.15, 0.2) is 16.6 Å². The third-order valence-electron chi connectivity index (χ3n) is 3.99. The molecule has 0 aromatic heterocycles. The molecular formula is C15H20BrClF2N2O2. The van der Waals surface area contributed by atoms with E-state index in [0.717, 1.165) is 38.1 Å². The Morgan fingerprint density at radius 1 is 1.35 bits per heavy atom. The molecule has 1 saturated heterocycles. The van der Waals surface area contributed by atoms with E-state index in [9.17, 15) is 13.6 Å². The van der Waals surface area contributed by atoms with Crippen molar-refractivity contribution < 1.29 is 18.3 Å². The van der Waals surface area contributed by atoms with Crippen LogP contribution < -0.4 is 10.6 Å². The van der Waals surface area contributed by atoms with Crippen molar-refractivity contribution in [1.82, 2.24) is 10.6 Å². The number of carbonyl (C=O) groups is 1. The van der Waals surface area contributed by atoms with E-state index in [1.807, 2.05) is 0 Å². The van der Waals surface area contributed by atoms with Gasteiger partial charge in [0.2, 0.25) is 0 Å². The van der Waals surface area contributed by atoms with E-state index in [0.29, 0.717) is 13.2 Å². The molecular weight excluding hydrogens is 394 g/mol. The van der Waals surface area contributed by atoms with Gasteiger partial charge in [-0.3, -0.25) is 4.79 Å². The molecule has 2 rings (SSSR count). The Balaban J connectivity index is 0.00000264. The Bertz CT molecular complexity index is 549. The van der Waals surface area contributed by atoms with Crippen LogP contribution in [0.25, 0.3) is 0 Å². The maximum atomic E-state index is 13.3. The molecule has 1 heterocycles. The summed E-state index contributed by atoms with van der Waals surface area (Å²) < 4.78 is 31.9. The first-order chi connectivity index (χ1) is 10.5. The minimum atomic E-state index is -1.04. The molecule has 1 fully saturated rings. The Morgan fingerprint density at radius 3 is 2.57 bits per heavy atom. The second kappa shape index (κ2) is 8.92. The fourth-order valence-electron chi connectivity index (χ4n) is 2.70. The van der Waals surface area contributed by atoms with Gasteiger partial charge in [0, 0.05) is 23.5 Å². The number of halogens is 4. The van der Waals surface area contributed by atoms with Crippen molar-refractivity contribution in [2.45, 2.75) is 12.8 Å². The van der Waals surface area contributed by atoms with Crippen LogP contribution in [-0.4, -0.2) is 39.3 Å². The fraction of sp³-hybridized carbons (Fsp3) is 0.533. The van der Waals surface area contributed by atoms with E-state index in [-0.39, 0.29) is 27.9 Å². The zero-order valence-corrected chi connectivity index (χ0v) is 15.2. The average molecular weight is 414 g/mol. The number of amides is 1. The Labute approximate surface area is 148 Å². The third kappa shape index (κ3) is 5.11. The summed E-state index contributed by atoms with van der Waals surface area (Å²) in [6, 6.07) is 1.86. The van der Waals surface area contributed by atoms with Crippen LogP contribution >= 0.6 is 28.3 Å². The molecule has 0 radical (unpaired) electrons. The predicted molar refractivity (Wildman–Crippen MR) is 90.1 cm³/mol. The van der Waals surface area contributed by atoms with Crippen LogP contribution in [0.4, 0.5) is 8.78 Å². The van der Waals surface area contributed by atoms with Crippen molar-refractivity contribution in [3.05, 3.63) is 33.8 Å². The van der Waals surface area contributed by atoms with Gasteiger partial charge in [-0.15, -0.1) is 12.4 Å². The molecule has 0 bridgehead atoms. The summed E-state index contributed by atoms with van der Waals surface area (Å²) in [7, 11) is 1.64. The van der Waals surface area contributed by atoms with Gasteiger partial charge >= 0.3 is 0 Å². The molecule has 1 aliphatic rings. The molecule has 8 heteroatoms. The van der Waals surface area contributed by atoms with Gasteiger partial charge < -0.3 is 15.4 Å². The number of methoxy groups -OCH3 is 1. The lowest BCUT2D eigenvalue weighted by Crippen LogP contribution is -2.47. The van der Waals surface area contributed by atoms with E-state index < -0.39 is 17.5 Å². The van der Waals surface area contributed by atoms with E-state index in [1.54, 1.807) is 7.11 Å². The van der Waals surface area contributed by atoms with Gasteiger partial charge in [-0.25, -0.2) is 8.78 Å². The quantitative estimate of drug-likeness (QED) is 0.730. The largest absolute Gasteiger partial charge is 0.384 e. The van der Waals surface area contributed by atoms with Crippen molar-refractivity contribution in [2.75, 3.05) is 33.4 Å². The molecule has 1 amide bonds. The SMILES string of the molecule is COCC1(CNC(=O)c2cc(F)c(F)cc2Br)CCNCC1.Cl. The normalized spacial score (nSPS) is 16.5. The predicted octanol–water partition coefficient (Wildman–Crippen LogP) is 2.90. The van der Waals surface area contributed by atoms with Gasteiger partial charge in [-0.1, -0.05) is 0 Å². The summed E-state index contributed by atoms with van der Waals surface area (Å²) in [6.07, 6.45) is 1.78. The highest BCUT2D eigenvalue weighted by Crippen LogP contribution is 2.28. The first kappa shape index (κ1) is 20.3. The molecule has 2 N–H and O–H groups in total. The molecule has 0 unspecified atom stereocenters. The van der Waals surface area contributed by atoms with Crippen molar-refractivity contribution in [3.8, 4) is 0 Å². The van der Waals surface area contributed by atoms with E-state index in [4.69, 9.17) is 4.74 Å². The maximum Gasteiger partial charge on any atom is 0.252 e. The molecule has 0 spiro atoms. The number of rotatable bonds is 5. The molecule has 1 aliphatic heterocycles. The number of hydrogen-bond donors (Lipinski definition) is 2. The zero-order valence-electron chi connectivity index (χ0n) is 12.8. The number of piperidine rings is 1. The number of ether oxygens (including phenoxy) is 1. The van der Waals surface area contributed by atoms with Crippen LogP contribution in [0.2, 0.25) is 0 Å². The van der Waals surface area contributed by atoms with Crippen LogP contribution in [-0.2, 0) is 4.74 Å². The topological polar surface area (TPSA) is 50.4 Å². The number of carbonyl (C=O) groups excluding carboxylic acids is 1. The van der Waals surface area contributed by atoms with Crippen molar-refractivity contribution >= 4 is 34.2 Å². The second-order valence-corrected chi connectivity index (χ2v) is 6.47. The van der Waals surface area contributed by atoms with Gasteiger partial charge in [0.25, 0.3) is 5.91 Å². The Kier molecular flexibility index (Phi) is 7.86. The number of nitrogens with one attached hydrogen (secondary N) is 2. The van der Waals surface area contributed by atoms with E-state index in [1.165, 1.54) is 0 Å².